The SMILES string of the molecule is CCCNC(Cc1c(F)ccc(Br)c1F)CC(C)C. The van der Waals surface area contributed by atoms with Gasteiger partial charge in [0.15, 0.2) is 0 Å². The second kappa shape index (κ2) is 7.95. The third kappa shape index (κ3) is 5.19. The van der Waals surface area contributed by atoms with E-state index < -0.39 is 11.6 Å². The lowest BCUT2D eigenvalue weighted by molar-refractivity contribution is 0.404. The maximum Gasteiger partial charge on any atom is 0.143 e. The molecule has 1 aromatic carbocycles. The van der Waals surface area contributed by atoms with Gasteiger partial charge in [-0.3, -0.25) is 0 Å². The Kier molecular flexibility index (Phi) is 6.94. The van der Waals surface area contributed by atoms with Crippen LogP contribution in [0.4, 0.5) is 8.78 Å². The third-order valence-electron chi connectivity index (χ3n) is 3.03. The molecule has 0 aliphatic rings. The number of hydrogen-bond donors (Lipinski definition) is 1. The van der Waals surface area contributed by atoms with Crippen LogP contribution in [-0.2, 0) is 6.42 Å². The summed E-state index contributed by atoms with van der Waals surface area (Å²) in [6, 6.07) is 2.83. The quantitative estimate of drug-likeness (QED) is 0.714. The first-order valence-corrected chi connectivity index (χ1v) is 7.60. The zero-order valence-corrected chi connectivity index (χ0v) is 13.4. The van der Waals surface area contributed by atoms with E-state index >= 15 is 0 Å². The van der Waals surface area contributed by atoms with Crippen molar-refractivity contribution in [3.05, 3.63) is 33.8 Å². The fourth-order valence-electron chi connectivity index (χ4n) is 2.16. The summed E-state index contributed by atoms with van der Waals surface area (Å²) in [6.45, 7) is 7.19. The molecule has 108 valence electrons. The minimum Gasteiger partial charge on any atom is -0.314 e. The topological polar surface area (TPSA) is 12.0 Å². The van der Waals surface area contributed by atoms with Gasteiger partial charge in [0.25, 0.3) is 0 Å². The van der Waals surface area contributed by atoms with Crippen LogP contribution in [0.5, 0.6) is 0 Å². The summed E-state index contributed by atoms with van der Waals surface area (Å²) < 4.78 is 28.1. The largest absolute Gasteiger partial charge is 0.314 e. The van der Waals surface area contributed by atoms with Crippen LogP contribution in [0.1, 0.15) is 39.2 Å². The first-order valence-electron chi connectivity index (χ1n) is 6.81. The molecule has 0 amide bonds. The molecule has 1 rings (SSSR count). The average molecular weight is 334 g/mol. The maximum atomic E-state index is 14.0. The Labute approximate surface area is 122 Å². The minimum absolute atomic E-state index is 0.109. The Morgan fingerprint density at radius 3 is 2.53 bits per heavy atom. The standard InChI is InChI=1S/C15H22BrF2N/c1-4-7-19-11(8-10(2)3)9-12-14(17)6-5-13(16)15(12)18/h5-6,10-11,19H,4,7-9H2,1-3H3. The summed E-state index contributed by atoms with van der Waals surface area (Å²) in [5.74, 6) is -0.451. The number of benzene rings is 1. The molecule has 0 fully saturated rings. The van der Waals surface area contributed by atoms with Crippen LogP contribution in [0.25, 0.3) is 0 Å². The summed E-state index contributed by atoms with van der Waals surface area (Å²) in [5, 5.41) is 3.37. The lowest BCUT2D eigenvalue weighted by Crippen LogP contribution is -2.33. The van der Waals surface area contributed by atoms with E-state index in [1.807, 2.05) is 0 Å². The Bertz CT molecular complexity index is 407. The maximum absolute atomic E-state index is 14.0. The van der Waals surface area contributed by atoms with Crippen LogP contribution in [0.15, 0.2) is 16.6 Å². The van der Waals surface area contributed by atoms with E-state index in [1.54, 1.807) is 0 Å². The smallest absolute Gasteiger partial charge is 0.143 e. The first-order chi connectivity index (χ1) is 8.95. The highest BCUT2D eigenvalue weighted by molar-refractivity contribution is 9.10. The Morgan fingerprint density at radius 2 is 1.95 bits per heavy atom. The zero-order valence-electron chi connectivity index (χ0n) is 11.8. The van der Waals surface area contributed by atoms with Crippen molar-refractivity contribution in [3.8, 4) is 0 Å². The molecule has 0 saturated heterocycles. The fraction of sp³-hybridized carbons (Fsp3) is 0.600. The van der Waals surface area contributed by atoms with E-state index in [1.165, 1.54) is 12.1 Å². The number of halogens is 3. The van der Waals surface area contributed by atoms with Gasteiger partial charge in [-0.15, -0.1) is 0 Å². The number of nitrogens with one attached hydrogen (secondary N) is 1. The zero-order chi connectivity index (χ0) is 14.4. The van der Waals surface area contributed by atoms with E-state index in [0.717, 1.165) is 19.4 Å². The van der Waals surface area contributed by atoms with Crippen molar-refractivity contribution in [2.45, 2.75) is 46.1 Å². The van der Waals surface area contributed by atoms with Gasteiger partial charge in [0.2, 0.25) is 0 Å². The molecule has 0 aliphatic carbocycles. The van der Waals surface area contributed by atoms with E-state index in [-0.39, 0.29) is 11.6 Å². The third-order valence-corrected chi connectivity index (χ3v) is 3.64. The summed E-state index contributed by atoms with van der Waals surface area (Å²) in [6.07, 6.45) is 2.30. The Balaban J connectivity index is 2.85. The van der Waals surface area contributed by atoms with Crippen molar-refractivity contribution in [1.29, 1.82) is 0 Å². The molecule has 4 heteroatoms. The second-order valence-corrected chi connectivity index (χ2v) is 6.16. The van der Waals surface area contributed by atoms with Gasteiger partial charge in [-0.25, -0.2) is 8.78 Å². The molecule has 1 aromatic rings. The molecule has 0 bridgehead atoms. The summed E-state index contributed by atoms with van der Waals surface area (Å²) in [4.78, 5) is 0. The molecule has 0 aliphatic heterocycles. The fourth-order valence-corrected chi connectivity index (χ4v) is 2.53. The van der Waals surface area contributed by atoms with Gasteiger partial charge < -0.3 is 5.32 Å². The molecule has 0 radical (unpaired) electrons. The van der Waals surface area contributed by atoms with Gasteiger partial charge in [0.1, 0.15) is 11.6 Å². The highest BCUT2D eigenvalue weighted by Crippen LogP contribution is 2.23. The molecule has 0 heterocycles. The first kappa shape index (κ1) is 16.6. The average Bonchev–Trinajstić information content (AvgIpc) is 2.35. The van der Waals surface area contributed by atoms with Crippen molar-refractivity contribution < 1.29 is 8.78 Å². The molecule has 1 atom stereocenters. The van der Waals surface area contributed by atoms with Gasteiger partial charge in [-0.1, -0.05) is 20.8 Å². The highest BCUT2D eigenvalue weighted by atomic mass is 79.9. The van der Waals surface area contributed by atoms with Crippen LogP contribution >= 0.6 is 15.9 Å². The highest BCUT2D eigenvalue weighted by Gasteiger charge is 2.18. The molecule has 0 saturated carbocycles. The van der Waals surface area contributed by atoms with Crippen molar-refractivity contribution in [2.75, 3.05) is 6.54 Å². The van der Waals surface area contributed by atoms with Crippen molar-refractivity contribution in [3.63, 3.8) is 0 Å². The molecular weight excluding hydrogens is 312 g/mol. The molecule has 1 N–H and O–H groups in total. The summed E-state index contributed by atoms with van der Waals surface area (Å²) >= 11 is 3.11. The predicted octanol–water partition coefficient (Wildman–Crippen LogP) is 4.68. The number of hydrogen-bond acceptors (Lipinski definition) is 1. The van der Waals surface area contributed by atoms with Gasteiger partial charge in [0, 0.05) is 11.6 Å². The molecule has 1 unspecified atom stereocenters. The van der Waals surface area contributed by atoms with Crippen molar-refractivity contribution in [1.82, 2.24) is 5.32 Å². The van der Waals surface area contributed by atoms with E-state index in [9.17, 15) is 8.78 Å². The molecule has 0 aromatic heterocycles. The Morgan fingerprint density at radius 1 is 1.26 bits per heavy atom. The van der Waals surface area contributed by atoms with E-state index in [4.69, 9.17) is 0 Å². The molecule has 0 spiro atoms. The van der Waals surface area contributed by atoms with Crippen LogP contribution in [0.3, 0.4) is 0 Å². The Hall–Kier alpha value is -0.480. The van der Waals surface area contributed by atoms with Crippen LogP contribution in [0.2, 0.25) is 0 Å². The van der Waals surface area contributed by atoms with Crippen LogP contribution in [-0.4, -0.2) is 12.6 Å². The predicted molar refractivity (Wildman–Crippen MR) is 79.3 cm³/mol. The van der Waals surface area contributed by atoms with E-state index in [2.05, 4.69) is 42.0 Å². The summed E-state index contributed by atoms with van der Waals surface area (Å²) in [5.41, 5.74) is 0.170. The molecule has 19 heavy (non-hydrogen) atoms. The summed E-state index contributed by atoms with van der Waals surface area (Å²) in [7, 11) is 0. The lowest BCUT2D eigenvalue weighted by Gasteiger charge is -2.21. The molecular formula is C15H22BrF2N. The second-order valence-electron chi connectivity index (χ2n) is 5.31. The van der Waals surface area contributed by atoms with Crippen LogP contribution in [0, 0.1) is 17.6 Å². The lowest BCUT2D eigenvalue weighted by atomic mass is 9.96. The van der Waals surface area contributed by atoms with Crippen molar-refractivity contribution in [2.24, 2.45) is 5.92 Å². The minimum atomic E-state index is -0.480. The monoisotopic (exact) mass is 333 g/mol. The molecule has 1 nitrogen and oxygen atoms in total. The van der Waals surface area contributed by atoms with Crippen molar-refractivity contribution >= 4 is 15.9 Å². The van der Waals surface area contributed by atoms with Gasteiger partial charge >= 0.3 is 0 Å². The van der Waals surface area contributed by atoms with E-state index in [0.29, 0.717) is 16.8 Å². The van der Waals surface area contributed by atoms with Gasteiger partial charge in [-0.05, 0) is 59.8 Å². The van der Waals surface area contributed by atoms with Crippen LogP contribution < -0.4 is 5.32 Å². The normalized spacial score (nSPS) is 13.0. The number of rotatable bonds is 7. The van der Waals surface area contributed by atoms with Gasteiger partial charge in [-0.2, -0.15) is 0 Å². The van der Waals surface area contributed by atoms with Gasteiger partial charge in [0.05, 0.1) is 4.47 Å².